The van der Waals surface area contributed by atoms with Crippen LogP contribution in [0.2, 0.25) is 0 Å². The van der Waals surface area contributed by atoms with Crippen LogP contribution < -0.4 is 0 Å². The van der Waals surface area contributed by atoms with Gasteiger partial charge in [-0.05, 0) is 30.3 Å². The minimum atomic E-state index is 0.124. The molecule has 0 fully saturated rings. The fourth-order valence-corrected chi connectivity index (χ4v) is 4.11. The second-order valence-electron chi connectivity index (χ2n) is 6.48. The Morgan fingerprint density at radius 3 is 3.04 bits per heavy atom. The lowest BCUT2D eigenvalue weighted by molar-refractivity contribution is -0.129. The molecule has 1 aromatic carbocycles. The van der Waals surface area contributed by atoms with Crippen LogP contribution in [0.1, 0.15) is 31.1 Å². The Morgan fingerprint density at radius 2 is 2.20 bits per heavy atom. The highest BCUT2D eigenvalue weighted by Crippen LogP contribution is 2.28. The number of H-pyrrole nitrogens is 1. The molecule has 3 aromatic rings. The maximum atomic E-state index is 12.7. The van der Waals surface area contributed by atoms with Gasteiger partial charge in [0.2, 0.25) is 11.1 Å². The minimum absolute atomic E-state index is 0.124. The molecule has 1 amide bonds. The number of rotatable bonds is 4. The van der Waals surface area contributed by atoms with Crippen molar-refractivity contribution in [2.24, 2.45) is 0 Å². The second kappa shape index (κ2) is 6.51. The van der Waals surface area contributed by atoms with Gasteiger partial charge in [0.15, 0.2) is 0 Å². The number of hydrogen-bond donors (Lipinski definition) is 1. The van der Waals surface area contributed by atoms with Crippen LogP contribution >= 0.6 is 11.8 Å². The van der Waals surface area contributed by atoms with Crippen molar-refractivity contribution in [2.45, 2.75) is 38.0 Å². The van der Waals surface area contributed by atoms with Gasteiger partial charge in [-0.15, -0.1) is 5.10 Å². The number of carbonyl (C=O) groups is 1. The molecule has 25 heavy (non-hydrogen) atoms. The van der Waals surface area contributed by atoms with Crippen LogP contribution in [0.4, 0.5) is 0 Å². The van der Waals surface area contributed by atoms with E-state index in [1.165, 1.54) is 28.4 Å². The van der Waals surface area contributed by atoms with Crippen molar-refractivity contribution in [1.29, 1.82) is 0 Å². The first-order valence-electron chi connectivity index (χ1n) is 8.40. The fourth-order valence-electron chi connectivity index (χ4n) is 3.20. The lowest BCUT2D eigenvalue weighted by Gasteiger charge is -2.27. The Labute approximate surface area is 149 Å². The third-order valence-corrected chi connectivity index (χ3v) is 5.43. The first-order chi connectivity index (χ1) is 12.1. The van der Waals surface area contributed by atoms with E-state index in [2.05, 4.69) is 32.6 Å². The maximum Gasteiger partial charge on any atom is 0.233 e. The second-order valence-corrected chi connectivity index (χ2v) is 7.42. The van der Waals surface area contributed by atoms with E-state index in [1.807, 2.05) is 30.9 Å². The zero-order valence-electron chi connectivity index (χ0n) is 14.3. The van der Waals surface area contributed by atoms with Gasteiger partial charge in [-0.2, -0.15) is 0 Å². The highest BCUT2D eigenvalue weighted by Gasteiger charge is 2.24. The SMILES string of the molecule is CC(C)n1nnnc1SCC(=O)N1CCc2[nH]c3ccccc3c2C1. The number of benzene rings is 1. The van der Waals surface area contributed by atoms with E-state index >= 15 is 0 Å². The molecule has 130 valence electrons. The molecule has 0 aliphatic carbocycles. The number of fused-ring (bicyclic) bond motifs is 3. The number of para-hydroxylation sites is 1. The van der Waals surface area contributed by atoms with Crippen molar-refractivity contribution in [1.82, 2.24) is 30.1 Å². The summed E-state index contributed by atoms with van der Waals surface area (Å²) < 4.78 is 1.74. The summed E-state index contributed by atoms with van der Waals surface area (Å²) in [5.74, 6) is 0.476. The summed E-state index contributed by atoms with van der Waals surface area (Å²) in [6, 6.07) is 8.45. The highest BCUT2D eigenvalue weighted by atomic mass is 32.2. The number of tetrazole rings is 1. The summed E-state index contributed by atoms with van der Waals surface area (Å²) in [4.78, 5) is 18.1. The van der Waals surface area contributed by atoms with Crippen molar-refractivity contribution in [3.63, 3.8) is 0 Å². The zero-order chi connectivity index (χ0) is 17.4. The van der Waals surface area contributed by atoms with Gasteiger partial charge in [0.25, 0.3) is 0 Å². The lowest BCUT2D eigenvalue weighted by atomic mass is 10.0. The van der Waals surface area contributed by atoms with E-state index in [-0.39, 0.29) is 11.9 Å². The van der Waals surface area contributed by atoms with Crippen LogP contribution in [0.25, 0.3) is 10.9 Å². The van der Waals surface area contributed by atoms with Gasteiger partial charge < -0.3 is 9.88 Å². The largest absolute Gasteiger partial charge is 0.358 e. The smallest absolute Gasteiger partial charge is 0.233 e. The molecule has 1 N–H and O–H groups in total. The Kier molecular flexibility index (Phi) is 4.20. The van der Waals surface area contributed by atoms with Gasteiger partial charge in [-0.25, -0.2) is 4.68 Å². The molecule has 0 saturated heterocycles. The van der Waals surface area contributed by atoms with Crippen molar-refractivity contribution >= 4 is 28.6 Å². The van der Waals surface area contributed by atoms with E-state index in [4.69, 9.17) is 0 Å². The predicted octanol–water partition coefficient (Wildman–Crippen LogP) is 2.41. The van der Waals surface area contributed by atoms with Crippen LogP contribution in [0.3, 0.4) is 0 Å². The number of aromatic amines is 1. The third-order valence-electron chi connectivity index (χ3n) is 4.51. The van der Waals surface area contributed by atoms with Crippen molar-refractivity contribution in [2.75, 3.05) is 12.3 Å². The fraction of sp³-hybridized carbons (Fsp3) is 0.412. The number of aromatic nitrogens is 5. The summed E-state index contributed by atoms with van der Waals surface area (Å²) in [5.41, 5.74) is 3.64. The van der Waals surface area contributed by atoms with E-state index in [1.54, 1.807) is 4.68 Å². The van der Waals surface area contributed by atoms with Crippen LogP contribution in [0.5, 0.6) is 0 Å². The maximum absolute atomic E-state index is 12.7. The number of amides is 1. The molecular formula is C17H20N6OS. The highest BCUT2D eigenvalue weighted by molar-refractivity contribution is 7.99. The van der Waals surface area contributed by atoms with Gasteiger partial charge in [-0.3, -0.25) is 4.79 Å². The van der Waals surface area contributed by atoms with E-state index in [9.17, 15) is 4.79 Å². The quantitative estimate of drug-likeness (QED) is 0.726. The van der Waals surface area contributed by atoms with Crippen LogP contribution in [0, 0.1) is 0 Å². The minimum Gasteiger partial charge on any atom is -0.358 e. The lowest BCUT2D eigenvalue weighted by Crippen LogP contribution is -2.37. The Morgan fingerprint density at radius 1 is 1.36 bits per heavy atom. The average molecular weight is 356 g/mol. The first-order valence-corrected chi connectivity index (χ1v) is 9.39. The summed E-state index contributed by atoms with van der Waals surface area (Å²) in [6.07, 6.45) is 0.865. The molecule has 4 rings (SSSR count). The molecule has 8 heteroatoms. The molecule has 0 saturated carbocycles. The standard InChI is InChI=1S/C17H20N6OS/c1-11(2)23-17(19-20-21-23)25-10-16(24)22-8-7-15-13(9-22)12-5-3-4-6-14(12)18-15/h3-6,11,18H,7-10H2,1-2H3. The predicted molar refractivity (Wildman–Crippen MR) is 96.3 cm³/mol. The Bertz CT molecular complexity index is 915. The zero-order valence-corrected chi connectivity index (χ0v) is 15.1. The molecule has 0 spiro atoms. The number of carbonyl (C=O) groups excluding carboxylic acids is 1. The Hall–Kier alpha value is -2.35. The van der Waals surface area contributed by atoms with Gasteiger partial charge in [0.1, 0.15) is 0 Å². The molecule has 0 atom stereocenters. The van der Waals surface area contributed by atoms with Gasteiger partial charge >= 0.3 is 0 Å². The van der Waals surface area contributed by atoms with Crippen LogP contribution in [0.15, 0.2) is 29.4 Å². The van der Waals surface area contributed by atoms with Crippen molar-refractivity contribution < 1.29 is 4.79 Å². The van der Waals surface area contributed by atoms with Gasteiger partial charge in [0.05, 0.1) is 11.8 Å². The summed E-state index contributed by atoms with van der Waals surface area (Å²) in [5, 5.41) is 13.6. The molecule has 1 aliphatic rings. The molecular weight excluding hydrogens is 336 g/mol. The van der Waals surface area contributed by atoms with E-state index < -0.39 is 0 Å². The number of nitrogens with one attached hydrogen (secondary N) is 1. The van der Waals surface area contributed by atoms with E-state index in [0.717, 1.165) is 18.5 Å². The van der Waals surface area contributed by atoms with Crippen molar-refractivity contribution in [3.05, 3.63) is 35.5 Å². The third kappa shape index (κ3) is 3.02. The molecule has 1 aliphatic heterocycles. The van der Waals surface area contributed by atoms with Crippen LogP contribution in [-0.4, -0.2) is 48.3 Å². The van der Waals surface area contributed by atoms with Gasteiger partial charge in [-0.1, -0.05) is 30.0 Å². The molecule has 3 heterocycles. The summed E-state index contributed by atoms with van der Waals surface area (Å²) in [6.45, 7) is 5.44. The first kappa shape index (κ1) is 16.1. The Balaban J connectivity index is 1.46. The molecule has 0 bridgehead atoms. The van der Waals surface area contributed by atoms with Crippen LogP contribution in [-0.2, 0) is 17.8 Å². The topological polar surface area (TPSA) is 79.7 Å². The number of nitrogens with zero attached hydrogens (tertiary/aromatic N) is 5. The summed E-state index contributed by atoms with van der Waals surface area (Å²) in [7, 11) is 0. The van der Waals surface area contributed by atoms with E-state index in [0.29, 0.717) is 17.5 Å². The number of thioether (sulfide) groups is 1. The average Bonchev–Trinajstić information content (AvgIpc) is 3.23. The molecule has 0 unspecified atom stereocenters. The summed E-state index contributed by atoms with van der Waals surface area (Å²) >= 11 is 1.40. The van der Waals surface area contributed by atoms with Crippen molar-refractivity contribution in [3.8, 4) is 0 Å². The molecule has 0 radical (unpaired) electrons. The van der Waals surface area contributed by atoms with Gasteiger partial charge in [0, 0.05) is 41.7 Å². The molecule has 7 nitrogen and oxygen atoms in total. The molecule has 2 aromatic heterocycles. The monoisotopic (exact) mass is 356 g/mol. The number of hydrogen-bond acceptors (Lipinski definition) is 5. The normalized spacial score (nSPS) is 14.3.